The molecule has 0 aliphatic carbocycles. The predicted molar refractivity (Wildman–Crippen MR) is 83.6 cm³/mol. The minimum absolute atomic E-state index is 0.00270. The Labute approximate surface area is 133 Å². The molecule has 8 nitrogen and oxygen atoms in total. The SMILES string of the molecule is C=CCCC(=O)Nc1ncnc2c1ncn2C1CCC(CO)O1. The zero-order valence-corrected chi connectivity index (χ0v) is 12.7. The van der Waals surface area contributed by atoms with Gasteiger partial charge >= 0.3 is 0 Å². The van der Waals surface area contributed by atoms with E-state index < -0.39 is 0 Å². The maximum absolute atomic E-state index is 11.9. The molecule has 122 valence electrons. The molecule has 1 saturated heterocycles. The van der Waals surface area contributed by atoms with Crippen molar-refractivity contribution in [3.63, 3.8) is 0 Å². The van der Waals surface area contributed by atoms with Gasteiger partial charge in [0, 0.05) is 6.42 Å². The summed E-state index contributed by atoms with van der Waals surface area (Å²) in [6.45, 7) is 3.60. The third kappa shape index (κ3) is 3.22. The largest absolute Gasteiger partial charge is 0.394 e. The molecule has 1 aliphatic heterocycles. The number of amides is 1. The van der Waals surface area contributed by atoms with Crippen molar-refractivity contribution < 1.29 is 14.6 Å². The Balaban J connectivity index is 1.83. The van der Waals surface area contributed by atoms with Crippen LogP contribution < -0.4 is 5.32 Å². The first-order valence-electron chi connectivity index (χ1n) is 7.57. The number of aliphatic hydroxyl groups excluding tert-OH is 1. The van der Waals surface area contributed by atoms with Crippen LogP contribution in [0.4, 0.5) is 5.82 Å². The molecule has 0 bridgehead atoms. The maximum atomic E-state index is 11.9. The standard InChI is InChI=1S/C15H19N5O3/c1-2-3-4-11(22)19-14-13-15(17-8-16-14)20(9-18-13)12-6-5-10(7-21)23-12/h2,8-10,12,21H,1,3-7H2,(H,16,17,19,22). The van der Waals surface area contributed by atoms with Crippen LogP contribution in [-0.4, -0.2) is 43.2 Å². The fourth-order valence-electron chi connectivity index (χ4n) is 2.61. The van der Waals surface area contributed by atoms with Crippen LogP contribution in [0.25, 0.3) is 11.2 Å². The lowest BCUT2D eigenvalue weighted by atomic mass is 10.2. The third-order valence-corrected chi connectivity index (χ3v) is 3.79. The quantitative estimate of drug-likeness (QED) is 0.781. The Morgan fingerprint density at radius 3 is 3.09 bits per heavy atom. The number of imidazole rings is 1. The molecule has 8 heteroatoms. The summed E-state index contributed by atoms with van der Waals surface area (Å²) in [6.07, 6.45) is 6.86. The summed E-state index contributed by atoms with van der Waals surface area (Å²) in [4.78, 5) is 24.5. The number of hydrogen-bond acceptors (Lipinski definition) is 6. The van der Waals surface area contributed by atoms with Crippen LogP contribution in [0, 0.1) is 0 Å². The number of fused-ring (bicyclic) bond motifs is 1. The molecule has 2 N–H and O–H groups in total. The van der Waals surface area contributed by atoms with Crippen LogP contribution in [0.15, 0.2) is 25.3 Å². The van der Waals surface area contributed by atoms with Gasteiger partial charge < -0.3 is 15.2 Å². The van der Waals surface area contributed by atoms with Crippen molar-refractivity contribution in [3.05, 3.63) is 25.3 Å². The van der Waals surface area contributed by atoms with E-state index in [9.17, 15) is 9.90 Å². The first kappa shape index (κ1) is 15.6. The van der Waals surface area contributed by atoms with Gasteiger partial charge in [-0.1, -0.05) is 6.08 Å². The molecular weight excluding hydrogens is 298 g/mol. The van der Waals surface area contributed by atoms with E-state index in [0.717, 1.165) is 12.8 Å². The number of rotatable bonds is 6. The van der Waals surface area contributed by atoms with Crippen molar-refractivity contribution in [1.82, 2.24) is 19.5 Å². The molecule has 2 aromatic rings. The Morgan fingerprint density at radius 1 is 1.48 bits per heavy atom. The van der Waals surface area contributed by atoms with Gasteiger partial charge in [-0.15, -0.1) is 6.58 Å². The van der Waals surface area contributed by atoms with Crippen molar-refractivity contribution >= 4 is 22.9 Å². The second-order valence-electron chi connectivity index (χ2n) is 5.39. The molecule has 2 unspecified atom stereocenters. The maximum Gasteiger partial charge on any atom is 0.225 e. The topological polar surface area (TPSA) is 102 Å². The Morgan fingerprint density at radius 2 is 2.35 bits per heavy atom. The number of ether oxygens (including phenoxy) is 1. The molecule has 3 rings (SSSR count). The third-order valence-electron chi connectivity index (χ3n) is 3.79. The van der Waals surface area contributed by atoms with Gasteiger partial charge in [-0.05, 0) is 19.3 Å². The van der Waals surface area contributed by atoms with E-state index in [1.807, 2.05) is 4.57 Å². The summed E-state index contributed by atoms with van der Waals surface area (Å²) in [7, 11) is 0. The average molecular weight is 317 g/mol. The number of aliphatic hydroxyl groups is 1. The molecule has 0 radical (unpaired) electrons. The highest BCUT2D eigenvalue weighted by molar-refractivity contribution is 5.96. The summed E-state index contributed by atoms with van der Waals surface area (Å²) < 4.78 is 7.56. The van der Waals surface area contributed by atoms with E-state index in [1.165, 1.54) is 6.33 Å². The van der Waals surface area contributed by atoms with E-state index >= 15 is 0 Å². The highest BCUT2D eigenvalue weighted by Gasteiger charge is 2.27. The second-order valence-corrected chi connectivity index (χ2v) is 5.39. The van der Waals surface area contributed by atoms with E-state index in [-0.39, 0.29) is 24.8 Å². The van der Waals surface area contributed by atoms with Crippen LogP contribution >= 0.6 is 0 Å². The Bertz CT molecular complexity index is 714. The zero-order valence-electron chi connectivity index (χ0n) is 12.7. The number of nitrogens with zero attached hydrogens (tertiary/aromatic N) is 4. The summed E-state index contributed by atoms with van der Waals surface area (Å²) in [6, 6.07) is 0. The monoisotopic (exact) mass is 317 g/mol. The molecule has 1 fully saturated rings. The van der Waals surface area contributed by atoms with Gasteiger partial charge in [0.1, 0.15) is 12.6 Å². The van der Waals surface area contributed by atoms with Gasteiger partial charge in [0.2, 0.25) is 5.91 Å². The van der Waals surface area contributed by atoms with Crippen molar-refractivity contribution in [3.8, 4) is 0 Å². The van der Waals surface area contributed by atoms with Gasteiger partial charge in [0.05, 0.1) is 19.0 Å². The van der Waals surface area contributed by atoms with Crippen molar-refractivity contribution in [2.24, 2.45) is 0 Å². The van der Waals surface area contributed by atoms with E-state index in [4.69, 9.17) is 4.74 Å². The number of nitrogens with one attached hydrogen (secondary N) is 1. The molecule has 1 aliphatic rings. The first-order chi connectivity index (χ1) is 11.2. The van der Waals surface area contributed by atoms with Gasteiger partial charge in [-0.3, -0.25) is 9.36 Å². The molecule has 0 spiro atoms. The predicted octanol–water partition coefficient (Wildman–Crippen LogP) is 1.40. The van der Waals surface area contributed by atoms with Gasteiger partial charge in [0.15, 0.2) is 17.0 Å². The van der Waals surface area contributed by atoms with Crippen LogP contribution in [0.3, 0.4) is 0 Å². The number of allylic oxidation sites excluding steroid dienone is 1. The van der Waals surface area contributed by atoms with Crippen LogP contribution in [0.1, 0.15) is 31.9 Å². The van der Waals surface area contributed by atoms with Gasteiger partial charge in [-0.2, -0.15) is 0 Å². The fraction of sp³-hybridized carbons (Fsp3) is 0.467. The van der Waals surface area contributed by atoms with Crippen LogP contribution in [0.2, 0.25) is 0 Å². The van der Waals surface area contributed by atoms with Crippen molar-refractivity contribution in [2.45, 2.75) is 38.0 Å². The van der Waals surface area contributed by atoms with Crippen molar-refractivity contribution in [2.75, 3.05) is 11.9 Å². The average Bonchev–Trinajstić information content (AvgIpc) is 3.19. The van der Waals surface area contributed by atoms with Crippen LogP contribution in [-0.2, 0) is 9.53 Å². The number of carbonyl (C=O) groups excluding carboxylic acids is 1. The summed E-state index contributed by atoms with van der Waals surface area (Å²) in [5, 5.41) is 11.9. The number of hydrogen-bond donors (Lipinski definition) is 2. The first-order valence-corrected chi connectivity index (χ1v) is 7.57. The summed E-state index contributed by atoms with van der Waals surface area (Å²) in [5.74, 6) is 0.247. The highest BCUT2D eigenvalue weighted by Crippen LogP contribution is 2.31. The van der Waals surface area contributed by atoms with E-state index in [0.29, 0.717) is 29.8 Å². The molecule has 0 saturated carbocycles. The molecule has 0 aromatic carbocycles. The lowest BCUT2D eigenvalue weighted by molar-refractivity contribution is -0.116. The molecule has 2 atom stereocenters. The molecule has 23 heavy (non-hydrogen) atoms. The Hall–Kier alpha value is -2.32. The lowest BCUT2D eigenvalue weighted by Crippen LogP contribution is -2.14. The zero-order chi connectivity index (χ0) is 16.2. The minimum atomic E-state index is -0.212. The number of anilines is 1. The second kappa shape index (κ2) is 6.84. The highest BCUT2D eigenvalue weighted by atomic mass is 16.5. The van der Waals surface area contributed by atoms with Gasteiger partial charge in [0.25, 0.3) is 0 Å². The Kier molecular flexibility index (Phi) is 4.63. The molecule has 1 amide bonds. The lowest BCUT2D eigenvalue weighted by Gasteiger charge is -2.13. The minimum Gasteiger partial charge on any atom is -0.394 e. The fourth-order valence-corrected chi connectivity index (χ4v) is 2.61. The molecular formula is C15H19N5O3. The van der Waals surface area contributed by atoms with Crippen LogP contribution in [0.5, 0.6) is 0 Å². The smallest absolute Gasteiger partial charge is 0.225 e. The molecule has 3 heterocycles. The van der Waals surface area contributed by atoms with E-state index in [2.05, 4.69) is 26.8 Å². The molecule has 2 aromatic heterocycles. The summed E-state index contributed by atoms with van der Waals surface area (Å²) in [5.41, 5.74) is 1.12. The van der Waals surface area contributed by atoms with Crippen molar-refractivity contribution in [1.29, 1.82) is 0 Å². The summed E-state index contributed by atoms with van der Waals surface area (Å²) >= 11 is 0. The number of carbonyl (C=O) groups is 1. The van der Waals surface area contributed by atoms with Gasteiger partial charge in [-0.25, -0.2) is 15.0 Å². The number of aromatic nitrogens is 4. The van der Waals surface area contributed by atoms with E-state index in [1.54, 1.807) is 12.4 Å². The normalized spacial score (nSPS) is 20.7.